The fourth-order valence-electron chi connectivity index (χ4n) is 1.43. The highest BCUT2D eigenvalue weighted by atomic mass is 16.5. The van der Waals surface area contributed by atoms with Gasteiger partial charge in [0.2, 0.25) is 0 Å². The minimum atomic E-state index is 0.669. The van der Waals surface area contributed by atoms with Gasteiger partial charge in [0, 0.05) is 18.3 Å². The third-order valence-electron chi connectivity index (χ3n) is 2.22. The molecule has 0 fully saturated rings. The van der Waals surface area contributed by atoms with E-state index in [4.69, 9.17) is 4.74 Å². The van der Waals surface area contributed by atoms with Crippen molar-refractivity contribution in [1.29, 1.82) is 0 Å². The normalized spacial score (nSPS) is 9.81. The van der Waals surface area contributed by atoms with Crippen LogP contribution in [0.2, 0.25) is 0 Å². The van der Waals surface area contributed by atoms with E-state index < -0.39 is 0 Å². The number of ether oxygens (including phenoxy) is 1. The average Bonchev–Trinajstić information content (AvgIpc) is 2.38. The summed E-state index contributed by atoms with van der Waals surface area (Å²) in [5.41, 5.74) is 1.09. The highest BCUT2D eigenvalue weighted by molar-refractivity contribution is 5.38. The van der Waals surface area contributed by atoms with Crippen LogP contribution < -0.4 is 10.1 Å². The number of hydrogen-bond donors (Lipinski definition) is 1. The van der Waals surface area contributed by atoms with Crippen LogP contribution in [0.4, 0.5) is 5.82 Å². The molecular weight excluding hydrogens is 202 g/mol. The average molecular weight is 215 g/mol. The molecule has 1 aromatic carbocycles. The van der Waals surface area contributed by atoms with Crippen molar-refractivity contribution in [3.05, 3.63) is 48.2 Å². The van der Waals surface area contributed by atoms with E-state index in [1.807, 2.05) is 36.4 Å². The van der Waals surface area contributed by atoms with Crippen LogP contribution in [0.3, 0.4) is 0 Å². The smallest absolute Gasteiger partial charge is 0.148 e. The maximum atomic E-state index is 5.26. The third-order valence-corrected chi connectivity index (χ3v) is 2.22. The number of anilines is 1. The van der Waals surface area contributed by atoms with Crippen molar-refractivity contribution in [2.75, 3.05) is 12.4 Å². The van der Waals surface area contributed by atoms with E-state index in [2.05, 4.69) is 15.5 Å². The van der Waals surface area contributed by atoms with Gasteiger partial charge in [-0.3, -0.25) is 0 Å². The Hall–Kier alpha value is -2.10. The van der Waals surface area contributed by atoms with Gasteiger partial charge in [0.05, 0.1) is 7.11 Å². The second-order valence-corrected chi connectivity index (χ2v) is 3.27. The first kappa shape index (κ1) is 10.4. The van der Waals surface area contributed by atoms with Crippen molar-refractivity contribution in [1.82, 2.24) is 10.2 Å². The van der Waals surface area contributed by atoms with Crippen molar-refractivity contribution < 1.29 is 4.74 Å². The lowest BCUT2D eigenvalue weighted by Crippen LogP contribution is -2.03. The third kappa shape index (κ3) is 2.48. The molecule has 0 saturated heterocycles. The molecule has 0 atom stereocenters. The maximum Gasteiger partial charge on any atom is 0.148 e. The van der Waals surface area contributed by atoms with E-state index in [1.165, 1.54) is 0 Å². The fourth-order valence-corrected chi connectivity index (χ4v) is 1.43. The molecule has 82 valence electrons. The topological polar surface area (TPSA) is 47.0 Å². The number of benzene rings is 1. The van der Waals surface area contributed by atoms with Gasteiger partial charge in [-0.05, 0) is 18.2 Å². The Kier molecular flexibility index (Phi) is 3.33. The molecule has 0 bridgehead atoms. The SMILES string of the molecule is COc1ccccc1CNc1cccnn1. The van der Waals surface area contributed by atoms with Gasteiger partial charge in [-0.1, -0.05) is 18.2 Å². The number of aromatic nitrogens is 2. The summed E-state index contributed by atoms with van der Waals surface area (Å²) in [5, 5.41) is 10.9. The molecule has 0 spiro atoms. The van der Waals surface area contributed by atoms with E-state index in [9.17, 15) is 0 Å². The van der Waals surface area contributed by atoms with Gasteiger partial charge in [-0.15, -0.1) is 5.10 Å². The van der Waals surface area contributed by atoms with Crippen LogP contribution in [0.1, 0.15) is 5.56 Å². The number of nitrogens with zero attached hydrogens (tertiary/aromatic N) is 2. The quantitative estimate of drug-likeness (QED) is 0.848. The zero-order valence-electron chi connectivity index (χ0n) is 9.05. The number of nitrogens with one attached hydrogen (secondary N) is 1. The molecule has 0 amide bonds. The lowest BCUT2D eigenvalue weighted by molar-refractivity contribution is 0.410. The summed E-state index contributed by atoms with van der Waals surface area (Å²) in [4.78, 5) is 0. The summed E-state index contributed by atoms with van der Waals surface area (Å²) in [6.45, 7) is 0.669. The van der Waals surface area contributed by atoms with Crippen molar-refractivity contribution in [2.45, 2.75) is 6.54 Å². The Bertz CT molecular complexity index is 445. The number of rotatable bonds is 4. The summed E-state index contributed by atoms with van der Waals surface area (Å²) in [6, 6.07) is 11.6. The van der Waals surface area contributed by atoms with Crippen molar-refractivity contribution >= 4 is 5.82 Å². The summed E-state index contributed by atoms with van der Waals surface area (Å²) in [7, 11) is 1.67. The Labute approximate surface area is 94.3 Å². The van der Waals surface area contributed by atoms with Crippen molar-refractivity contribution in [3.63, 3.8) is 0 Å². The van der Waals surface area contributed by atoms with Gasteiger partial charge in [0.25, 0.3) is 0 Å². The summed E-state index contributed by atoms with van der Waals surface area (Å²) in [6.07, 6.45) is 1.65. The number of hydrogen-bond acceptors (Lipinski definition) is 4. The predicted molar refractivity (Wildman–Crippen MR) is 62.4 cm³/mol. The second kappa shape index (κ2) is 5.11. The van der Waals surface area contributed by atoms with E-state index in [0.29, 0.717) is 6.54 Å². The molecule has 0 saturated carbocycles. The molecule has 16 heavy (non-hydrogen) atoms. The van der Waals surface area contributed by atoms with Crippen LogP contribution in [0.5, 0.6) is 5.75 Å². The van der Waals surface area contributed by atoms with Crippen molar-refractivity contribution in [2.24, 2.45) is 0 Å². The standard InChI is InChI=1S/C12H13N3O/c1-16-11-6-3-2-5-10(11)9-13-12-7-4-8-14-15-12/h2-8H,9H2,1H3,(H,13,15). The predicted octanol–water partition coefficient (Wildman–Crippen LogP) is 2.10. The summed E-state index contributed by atoms with van der Waals surface area (Å²) >= 11 is 0. The fraction of sp³-hybridized carbons (Fsp3) is 0.167. The molecule has 2 rings (SSSR count). The highest BCUT2D eigenvalue weighted by Crippen LogP contribution is 2.17. The molecule has 4 nitrogen and oxygen atoms in total. The zero-order chi connectivity index (χ0) is 11.2. The summed E-state index contributed by atoms with van der Waals surface area (Å²) in [5.74, 6) is 1.63. The van der Waals surface area contributed by atoms with E-state index in [0.717, 1.165) is 17.1 Å². The first-order valence-corrected chi connectivity index (χ1v) is 5.03. The lowest BCUT2D eigenvalue weighted by Gasteiger charge is -2.09. The minimum Gasteiger partial charge on any atom is -0.496 e. The second-order valence-electron chi connectivity index (χ2n) is 3.27. The molecule has 0 unspecified atom stereocenters. The van der Waals surface area contributed by atoms with E-state index >= 15 is 0 Å². The van der Waals surface area contributed by atoms with Crippen LogP contribution >= 0.6 is 0 Å². The van der Waals surface area contributed by atoms with Gasteiger partial charge in [-0.25, -0.2) is 0 Å². The molecule has 4 heteroatoms. The Morgan fingerprint density at radius 2 is 2.06 bits per heavy atom. The largest absolute Gasteiger partial charge is 0.496 e. The number of para-hydroxylation sites is 1. The van der Waals surface area contributed by atoms with E-state index in [1.54, 1.807) is 13.3 Å². The molecule has 2 aromatic rings. The van der Waals surface area contributed by atoms with Crippen LogP contribution in [-0.4, -0.2) is 17.3 Å². The lowest BCUT2D eigenvalue weighted by atomic mass is 10.2. The molecule has 1 N–H and O–H groups in total. The minimum absolute atomic E-state index is 0.669. The van der Waals surface area contributed by atoms with E-state index in [-0.39, 0.29) is 0 Å². The summed E-state index contributed by atoms with van der Waals surface area (Å²) < 4.78 is 5.26. The molecule has 1 aromatic heterocycles. The van der Waals surface area contributed by atoms with Crippen molar-refractivity contribution in [3.8, 4) is 5.75 Å². The maximum absolute atomic E-state index is 5.26. The molecule has 0 aliphatic heterocycles. The molecule has 0 aliphatic rings. The van der Waals surface area contributed by atoms with Crippen LogP contribution in [0.15, 0.2) is 42.6 Å². The van der Waals surface area contributed by atoms with Gasteiger partial charge in [0.15, 0.2) is 0 Å². The van der Waals surface area contributed by atoms with Gasteiger partial charge >= 0.3 is 0 Å². The molecule has 1 heterocycles. The Morgan fingerprint density at radius 1 is 1.19 bits per heavy atom. The zero-order valence-corrected chi connectivity index (χ0v) is 9.05. The first-order chi connectivity index (χ1) is 7.90. The highest BCUT2D eigenvalue weighted by Gasteiger charge is 2.01. The van der Waals surface area contributed by atoms with Crippen LogP contribution in [0, 0.1) is 0 Å². The molecule has 0 aliphatic carbocycles. The first-order valence-electron chi connectivity index (χ1n) is 5.03. The Morgan fingerprint density at radius 3 is 2.81 bits per heavy atom. The molecule has 0 radical (unpaired) electrons. The van der Waals surface area contributed by atoms with Crippen LogP contribution in [-0.2, 0) is 6.54 Å². The van der Waals surface area contributed by atoms with Gasteiger partial charge in [-0.2, -0.15) is 5.10 Å². The van der Waals surface area contributed by atoms with Crippen LogP contribution in [0.25, 0.3) is 0 Å². The van der Waals surface area contributed by atoms with Gasteiger partial charge < -0.3 is 10.1 Å². The molecular formula is C12H13N3O. The monoisotopic (exact) mass is 215 g/mol. The van der Waals surface area contributed by atoms with Gasteiger partial charge in [0.1, 0.15) is 11.6 Å². The Balaban J connectivity index is 2.05. The number of methoxy groups -OCH3 is 1.